The average Bonchev–Trinajstić information content (AvgIpc) is 2.61. The number of H-pyrrole nitrogens is 1. The van der Waals surface area contributed by atoms with Crippen LogP contribution in [-0.2, 0) is 0 Å². The molecule has 13 heavy (non-hydrogen) atoms. The van der Waals surface area contributed by atoms with E-state index in [1.54, 1.807) is 24.5 Å². The minimum atomic E-state index is -0.246. The fourth-order valence-corrected chi connectivity index (χ4v) is 1.48. The normalized spacial score (nSPS) is 10.3. The lowest BCUT2D eigenvalue weighted by Gasteiger charge is -1.99. The summed E-state index contributed by atoms with van der Waals surface area (Å²) in [7, 11) is 0. The third-order valence-electron chi connectivity index (χ3n) is 1.74. The maximum atomic E-state index is 13.3. The lowest BCUT2D eigenvalue weighted by molar-refractivity contribution is 0.631. The van der Waals surface area contributed by atoms with Crippen molar-refractivity contribution in [1.29, 1.82) is 0 Å². The molecule has 1 N–H and O–H groups in total. The van der Waals surface area contributed by atoms with Crippen LogP contribution in [0.4, 0.5) is 4.39 Å². The average molecular weight is 241 g/mol. The van der Waals surface area contributed by atoms with E-state index >= 15 is 0 Å². The van der Waals surface area contributed by atoms with Crippen molar-refractivity contribution in [1.82, 2.24) is 10.2 Å². The van der Waals surface area contributed by atoms with Gasteiger partial charge in [0, 0.05) is 21.8 Å². The number of nitrogens with zero attached hydrogens (tertiary/aromatic N) is 1. The first-order valence-corrected chi connectivity index (χ1v) is 4.51. The zero-order valence-electron chi connectivity index (χ0n) is 6.59. The van der Waals surface area contributed by atoms with Crippen LogP contribution < -0.4 is 0 Å². The van der Waals surface area contributed by atoms with Gasteiger partial charge in [0.25, 0.3) is 0 Å². The van der Waals surface area contributed by atoms with Gasteiger partial charge in [0.05, 0.1) is 6.20 Å². The summed E-state index contributed by atoms with van der Waals surface area (Å²) in [6, 6.07) is 4.81. The number of nitrogens with one attached hydrogen (secondary N) is 1. The summed E-state index contributed by atoms with van der Waals surface area (Å²) in [6.45, 7) is 0. The Morgan fingerprint density at radius 2 is 2.23 bits per heavy atom. The molecular formula is C9H6BrFN2. The van der Waals surface area contributed by atoms with Gasteiger partial charge in [-0.2, -0.15) is 5.10 Å². The van der Waals surface area contributed by atoms with Gasteiger partial charge in [-0.25, -0.2) is 4.39 Å². The topological polar surface area (TPSA) is 28.7 Å². The lowest BCUT2D eigenvalue weighted by atomic mass is 10.1. The second kappa shape index (κ2) is 3.30. The van der Waals surface area contributed by atoms with Crippen molar-refractivity contribution < 1.29 is 4.39 Å². The third kappa shape index (κ3) is 1.62. The van der Waals surface area contributed by atoms with Crippen LogP contribution >= 0.6 is 15.9 Å². The first kappa shape index (κ1) is 8.44. The van der Waals surface area contributed by atoms with Crippen molar-refractivity contribution in [2.24, 2.45) is 0 Å². The molecule has 1 aromatic carbocycles. The Bertz CT molecular complexity index is 412. The second-order valence-corrected chi connectivity index (χ2v) is 3.53. The van der Waals surface area contributed by atoms with Gasteiger partial charge >= 0.3 is 0 Å². The molecule has 0 amide bonds. The zero-order valence-corrected chi connectivity index (χ0v) is 8.18. The zero-order chi connectivity index (χ0) is 9.26. The molecule has 1 heterocycles. The van der Waals surface area contributed by atoms with Crippen molar-refractivity contribution >= 4 is 15.9 Å². The molecule has 0 aliphatic carbocycles. The monoisotopic (exact) mass is 240 g/mol. The first-order chi connectivity index (χ1) is 6.27. The summed E-state index contributed by atoms with van der Waals surface area (Å²) in [4.78, 5) is 0. The van der Waals surface area contributed by atoms with E-state index < -0.39 is 0 Å². The van der Waals surface area contributed by atoms with Crippen LogP contribution in [0.2, 0.25) is 0 Å². The summed E-state index contributed by atoms with van der Waals surface area (Å²) < 4.78 is 14.1. The summed E-state index contributed by atoms with van der Waals surface area (Å²) in [6.07, 6.45) is 3.25. The number of aromatic nitrogens is 2. The molecule has 4 heteroatoms. The Balaban J connectivity index is 2.57. The Kier molecular flexibility index (Phi) is 2.14. The van der Waals surface area contributed by atoms with Crippen LogP contribution in [0.3, 0.4) is 0 Å². The minimum absolute atomic E-state index is 0.246. The Morgan fingerprint density at radius 3 is 2.92 bits per heavy atom. The minimum Gasteiger partial charge on any atom is -0.285 e. The lowest BCUT2D eigenvalue weighted by Crippen LogP contribution is -1.81. The van der Waals surface area contributed by atoms with E-state index in [9.17, 15) is 4.39 Å². The molecule has 0 unspecified atom stereocenters. The second-order valence-electron chi connectivity index (χ2n) is 2.61. The number of rotatable bonds is 1. The highest BCUT2D eigenvalue weighted by Crippen LogP contribution is 2.24. The number of hydrogen-bond acceptors (Lipinski definition) is 1. The molecule has 0 atom stereocenters. The number of halogens is 2. The molecule has 0 fully saturated rings. The molecule has 0 aliphatic rings. The molecule has 2 nitrogen and oxygen atoms in total. The molecule has 0 saturated heterocycles. The number of benzene rings is 1. The van der Waals surface area contributed by atoms with E-state index in [2.05, 4.69) is 26.1 Å². The van der Waals surface area contributed by atoms with E-state index in [1.807, 2.05) is 0 Å². The van der Waals surface area contributed by atoms with Crippen LogP contribution in [0.1, 0.15) is 0 Å². The molecule has 2 aromatic rings. The van der Waals surface area contributed by atoms with Gasteiger partial charge in [-0.15, -0.1) is 0 Å². The summed E-state index contributed by atoms with van der Waals surface area (Å²) in [5.41, 5.74) is 1.29. The van der Waals surface area contributed by atoms with E-state index in [4.69, 9.17) is 0 Å². The molecule has 0 spiro atoms. The molecule has 0 aliphatic heterocycles. The number of hydrogen-bond donors (Lipinski definition) is 1. The van der Waals surface area contributed by atoms with Crippen LogP contribution in [0.15, 0.2) is 35.1 Å². The van der Waals surface area contributed by atoms with E-state index in [-0.39, 0.29) is 5.82 Å². The highest BCUT2D eigenvalue weighted by molar-refractivity contribution is 9.10. The van der Waals surface area contributed by atoms with Crippen LogP contribution in [0.25, 0.3) is 11.1 Å². The molecule has 0 bridgehead atoms. The summed E-state index contributed by atoms with van der Waals surface area (Å²) >= 11 is 3.28. The van der Waals surface area contributed by atoms with E-state index in [0.29, 0.717) is 5.56 Å². The Labute approximate surface area is 82.9 Å². The van der Waals surface area contributed by atoms with Crippen molar-refractivity contribution in [3.05, 3.63) is 40.9 Å². The van der Waals surface area contributed by atoms with Crippen molar-refractivity contribution in [3.63, 3.8) is 0 Å². The molecule has 1 aromatic heterocycles. The Morgan fingerprint density at radius 1 is 1.38 bits per heavy atom. The smallest absolute Gasteiger partial charge is 0.131 e. The quantitative estimate of drug-likeness (QED) is 0.816. The van der Waals surface area contributed by atoms with Crippen LogP contribution in [0, 0.1) is 5.82 Å². The maximum Gasteiger partial charge on any atom is 0.131 e. The molecule has 66 valence electrons. The van der Waals surface area contributed by atoms with Gasteiger partial charge in [-0.1, -0.05) is 15.9 Å². The van der Waals surface area contributed by atoms with Gasteiger partial charge < -0.3 is 0 Å². The standard InChI is InChI=1S/C9H6BrFN2/c10-7-1-2-9(11)8(3-7)6-4-12-13-5-6/h1-5H,(H,12,13). The van der Waals surface area contributed by atoms with E-state index in [1.165, 1.54) is 6.07 Å². The van der Waals surface area contributed by atoms with Crippen molar-refractivity contribution in [2.75, 3.05) is 0 Å². The van der Waals surface area contributed by atoms with Crippen LogP contribution in [0.5, 0.6) is 0 Å². The first-order valence-electron chi connectivity index (χ1n) is 3.71. The molecule has 0 saturated carbocycles. The predicted octanol–water partition coefficient (Wildman–Crippen LogP) is 2.98. The maximum absolute atomic E-state index is 13.3. The SMILES string of the molecule is Fc1ccc(Br)cc1-c1cn[nH]c1. The van der Waals surface area contributed by atoms with Gasteiger partial charge in [-0.3, -0.25) is 5.10 Å². The fourth-order valence-electron chi connectivity index (χ4n) is 1.12. The van der Waals surface area contributed by atoms with E-state index in [0.717, 1.165) is 10.0 Å². The molecule has 2 rings (SSSR count). The Hall–Kier alpha value is -1.16. The van der Waals surface area contributed by atoms with Crippen molar-refractivity contribution in [3.8, 4) is 11.1 Å². The van der Waals surface area contributed by atoms with Gasteiger partial charge in [0.2, 0.25) is 0 Å². The third-order valence-corrected chi connectivity index (χ3v) is 2.23. The van der Waals surface area contributed by atoms with Gasteiger partial charge in [-0.05, 0) is 18.2 Å². The molecule has 0 radical (unpaired) electrons. The fraction of sp³-hybridized carbons (Fsp3) is 0. The van der Waals surface area contributed by atoms with Crippen molar-refractivity contribution in [2.45, 2.75) is 0 Å². The predicted molar refractivity (Wildman–Crippen MR) is 51.7 cm³/mol. The molecular weight excluding hydrogens is 235 g/mol. The number of aromatic amines is 1. The van der Waals surface area contributed by atoms with Gasteiger partial charge in [0.15, 0.2) is 0 Å². The highest BCUT2D eigenvalue weighted by atomic mass is 79.9. The highest BCUT2D eigenvalue weighted by Gasteiger charge is 2.05. The summed E-state index contributed by atoms with van der Waals surface area (Å²) in [5, 5.41) is 6.41. The van der Waals surface area contributed by atoms with Crippen LogP contribution in [-0.4, -0.2) is 10.2 Å². The van der Waals surface area contributed by atoms with Gasteiger partial charge in [0.1, 0.15) is 5.82 Å². The summed E-state index contributed by atoms with van der Waals surface area (Å²) in [5.74, 6) is -0.246. The largest absolute Gasteiger partial charge is 0.285 e.